The van der Waals surface area contributed by atoms with E-state index in [4.69, 9.17) is 0 Å². The lowest BCUT2D eigenvalue weighted by atomic mass is 10.1. The van der Waals surface area contributed by atoms with E-state index in [1.54, 1.807) is 26.1 Å². The van der Waals surface area contributed by atoms with Gasteiger partial charge in [-0.1, -0.05) is 24.3 Å². The van der Waals surface area contributed by atoms with Crippen molar-refractivity contribution < 1.29 is 4.39 Å². The number of nitrogens with one attached hydrogen (secondary N) is 2. The second-order valence-corrected chi connectivity index (χ2v) is 5.94. The van der Waals surface area contributed by atoms with Gasteiger partial charge in [0.25, 0.3) is 0 Å². The number of para-hydroxylation sites is 2. The number of imidazole rings is 1. The highest BCUT2D eigenvalue weighted by Gasteiger charge is 2.08. The van der Waals surface area contributed by atoms with Gasteiger partial charge in [-0.15, -0.1) is 0 Å². The number of hydrogen-bond acceptors (Lipinski definition) is 2. The van der Waals surface area contributed by atoms with Gasteiger partial charge in [-0.25, -0.2) is 9.37 Å². The zero-order valence-electron chi connectivity index (χ0n) is 14.7. The molecule has 0 bridgehead atoms. The van der Waals surface area contributed by atoms with E-state index >= 15 is 0 Å². The van der Waals surface area contributed by atoms with Gasteiger partial charge in [0.05, 0.1) is 17.6 Å². The van der Waals surface area contributed by atoms with Crippen LogP contribution < -0.4 is 10.6 Å². The maximum absolute atomic E-state index is 13.6. The number of guanidine groups is 1. The molecule has 0 saturated carbocycles. The highest BCUT2D eigenvalue weighted by atomic mass is 19.1. The van der Waals surface area contributed by atoms with Crippen molar-refractivity contribution in [2.24, 2.45) is 12.0 Å². The Morgan fingerprint density at radius 2 is 1.92 bits per heavy atom. The van der Waals surface area contributed by atoms with Gasteiger partial charge in [-0.2, -0.15) is 0 Å². The van der Waals surface area contributed by atoms with Gasteiger partial charge in [-0.05, 0) is 36.2 Å². The van der Waals surface area contributed by atoms with Crippen LogP contribution in [0.2, 0.25) is 0 Å². The Labute approximate surface area is 146 Å². The second kappa shape index (κ2) is 7.34. The number of fused-ring (bicyclic) bond motifs is 1. The lowest BCUT2D eigenvalue weighted by molar-refractivity contribution is 0.615. The lowest BCUT2D eigenvalue weighted by Crippen LogP contribution is -2.36. The number of hydrogen-bond donors (Lipinski definition) is 2. The average Bonchev–Trinajstić information content (AvgIpc) is 2.94. The minimum absolute atomic E-state index is 0.193. The van der Waals surface area contributed by atoms with Crippen molar-refractivity contribution in [1.29, 1.82) is 0 Å². The minimum atomic E-state index is -0.193. The third kappa shape index (κ3) is 3.79. The number of nitrogens with zero attached hydrogens (tertiary/aromatic N) is 3. The van der Waals surface area contributed by atoms with Gasteiger partial charge in [0.15, 0.2) is 5.96 Å². The topological polar surface area (TPSA) is 54.2 Å². The third-order valence-corrected chi connectivity index (χ3v) is 4.21. The van der Waals surface area contributed by atoms with Gasteiger partial charge in [0.2, 0.25) is 0 Å². The number of aryl methyl sites for hydroxylation is 2. The molecule has 0 radical (unpaired) electrons. The van der Waals surface area contributed by atoms with Crippen LogP contribution >= 0.6 is 0 Å². The Hall–Kier alpha value is -2.89. The van der Waals surface area contributed by atoms with Crippen LogP contribution in [0, 0.1) is 12.7 Å². The molecule has 0 aliphatic rings. The Morgan fingerprint density at radius 1 is 1.16 bits per heavy atom. The Kier molecular flexibility index (Phi) is 4.97. The summed E-state index contributed by atoms with van der Waals surface area (Å²) in [5.74, 6) is 1.38. The van der Waals surface area contributed by atoms with Gasteiger partial charge >= 0.3 is 0 Å². The van der Waals surface area contributed by atoms with Crippen LogP contribution in [0.3, 0.4) is 0 Å². The van der Waals surface area contributed by atoms with Crippen molar-refractivity contribution in [1.82, 2.24) is 20.2 Å². The molecule has 2 aromatic carbocycles. The minimum Gasteiger partial charge on any atom is -0.352 e. The summed E-state index contributed by atoms with van der Waals surface area (Å²) in [7, 11) is 3.71. The molecule has 0 spiro atoms. The van der Waals surface area contributed by atoms with Crippen LogP contribution in [0.15, 0.2) is 47.5 Å². The largest absolute Gasteiger partial charge is 0.352 e. The van der Waals surface area contributed by atoms with Crippen LogP contribution in [0.5, 0.6) is 0 Å². The van der Waals surface area contributed by atoms with E-state index < -0.39 is 0 Å². The van der Waals surface area contributed by atoms with Crippen LogP contribution in [-0.4, -0.2) is 22.6 Å². The van der Waals surface area contributed by atoms with Crippen molar-refractivity contribution >= 4 is 17.0 Å². The van der Waals surface area contributed by atoms with E-state index in [1.807, 2.05) is 37.4 Å². The number of benzene rings is 2. The molecule has 0 amide bonds. The summed E-state index contributed by atoms with van der Waals surface area (Å²) < 4.78 is 15.7. The van der Waals surface area contributed by atoms with Crippen molar-refractivity contribution in [2.75, 3.05) is 7.05 Å². The summed E-state index contributed by atoms with van der Waals surface area (Å²) in [4.78, 5) is 8.83. The lowest BCUT2D eigenvalue weighted by Gasteiger charge is -2.12. The summed E-state index contributed by atoms with van der Waals surface area (Å²) in [6, 6.07) is 13.3. The fourth-order valence-electron chi connectivity index (χ4n) is 2.67. The molecular formula is C19H22FN5. The van der Waals surface area contributed by atoms with Crippen LogP contribution in [0.1, 0.15) is 17.0 Å². The van der Waals surface area contributed by atoms with Crippen molar-refractivity contribution in [3.8, 4) is 0 Å². The Balaban J connectivity index is 1.62. The molecular weight excluding hydrogens is 317 g/mol. The molecule has 0 fully saturated rings. The monoisotopic (exact) mass is 339 g/mol. The van der Waals surface area contributed by atoms with Crippen molar-refractivity contribution in [3.05, 3.63) is 65.2 Å². The molecule has 0 atom stereocenters. The van der Waals surface area contributed by atoms with Gasteiger partial charge < -0.3 is 15.2 Å². The summed E-state index contributed by atoms with van der Waals surface area (Å²) >= 11 is 0. The molecule has 3 aromatic rings. The summed E-state index contributed by atoms with van der Waals surface area (Å²) in [5, 5.41) is 6.44. The number of aromatic nitrogens is 2. The zero-order valence-corrected chi connectivity index (χ0v) is 14.7. The molecule has 6 heteroatoms. The molecule has 0 aliphatic carbocycles. The Morgan fingerprint density at radius 3 is 2.64 bits per heavy atom. The first-order chi connectivity index (χ1) is 12.1. The summed E-state index contributed by atoms with van der Waals surface area (Å²) in [6.45, 7) is 2.80. The molecule has 0 saturated heterocycles. The predicted octanol–water partition coefficient (Wildman–Crippen LogP) is 2.89. The molecule has 2 N–H and O–H groups in total. The van der Waals surface area contributed by atoms with E-state index in [9.17, 15) is 4.39 Å². The first-order valence-electron chi connectivity index (χ1n) is 8.18. The fourth-order valence-corrected chi connectivity index (χ4v) is 2.67. The Bertz CT molecular complexity index is 913. The summed E-state index contributed by atoms with van der Waals surface area (Å²) in [6.07, 6.45) is 0. The maximum Gasteiger partial charge on any atom is 0.191 e. The van der Waals surface area contributed by atoms with Crippen LogP contribution in [0.4, 0.5) is 4.39 Å². The first-order valence-corrected chi connectivity index (χ1v) is 8.18. The average molecular weight is 339 g/mol. The number of halogens is 1. The quantitative estimate of drug-likeness (QED) is 0.568. The standard InChI is InChI=1S/C19H22FN5/c1-13-8-9-14(10-15(13)20)11-22-19(21-2)23-12-18-24-16-6-4-5-7-17(16)25(18)3/h4-10H,11-12H2,1-3H3,(H2,21,22,23). The van der Waals surface area contributed by atoms with Gasteiger partial charge in [-0.3, -0.25) is 4.99 Å². The predicted molar refractivity (Wildman–Crippen MR) is 98.9 cm³/mol. The molecule has 25 heavy (non-hydrogen) atoms. The van der Waals surface area contributed by atoms with E-state index in [0.717, 1.165) is 22.4 Å². The van der Waals surface area contributed by atoms with Crippen molar-refractivity contribution in [3.63, 3.8) is 0 Å². The molecule has 5 nitrogen and oxygen atoms in total. The molecule has 130 valence electrons. The van der Waals surface area contributed by atoms with E-state index in [0.29, 0.717) is 24.6 Å². The molecule has 0 unspecified atom stereocenters. The molecule has 0 aliphatic heterocycles. The van der Waals surface area contributed by atoms with E-state index in [-0.39, 0.29) is 5.82 Å². The highest BCUT2D eigenvalue weighted by Crippen LogP contribution is 2.14. The SMILES string of the molecule is CN=C(NCc1ccc(C)c(F)c1)NCc1nc2ccccc2n1C. The smallest absolute Gasteiger partial charge is 0.191 e. The van der Waals surface area contributed by atoms with Crippen molar-refractivity contribution in [2.45, 2.75) is 20.0 Å². The van der Waals surface area contributed by atoms with Gasteiger partial charge in [0.1, 0.15) is 11.6 Å². The second-order valence-electron chi connectivity index (χ2n) is 5.94. The van der Waals surface area contributed by atoms with Crippen LogP contribution in [-0.2, 0) is 20.1 Å². The number of aliphatic imine (C=N–C) groups is 1. The summed E-state index contributed by atoms with van der Waals surface area (Å²) in [5.41, 5.74) is 3.58. The molecule has 1 heterocycles. The highest BCUT2D eigenvalue weighted by molar-refractivity contribution is 5.80. The molecule has 1 aromatic heterocycles. The molecule has 3 rings (SSSR count). The van der Waals surface area contributed by atoms with E-state index in [2.05, 4.69) is 25.2 Å². The third-order valence-electron chi connectivity index (χ3n) is 4.21. The normalized spacial score (nSPS) is 11.8. The first kappa shape index (κ1) is 17.0. The fraction of sp³-hybridized carbons (Fsp3) is 0.263. The maximum atomic E-state index is 13.6. The van der Waals surface area contributed by atoms with Gasteiger partial charge in [0, 0.05) is 20.6 Å². The van der Waals surface area contributed by atoms with E-state index in [1.165, 1.54) is 0 Å². The number of rotatable bonds is 4. The van der Waals surface area contributed by atoms with Crippen LogP contribution in [0.25, 0.3) is 11.0 Å². The zero-order chi connectivity index (χ0) is 17.8.